The van der Waals surface area contributed by atoms with Crippen molar-refractivity contribution in [1.82, 2.24) is 24.4 Å². The number of nitrogens with one attached hydrogen (secondary N) is 1. The average molecular weight is 584 g/mol. The molecule has 1 aliphatic rings. The van der Waals surface area contributed by atoms with Gasteiger partial charge in [-0.25, -0.2) is 15.0 Å². The summed E-state index contributed by atoms with van der Waals surface area (Å²) in [7, 11) is 0. The number of hydrogen-bond acceptors (Lipinski definition) is 7. The van der Waals surface area contributed by atoms with Crippen molar-refractivity contribution in [3.8, 4) is 17.1 Å². The highest BCUT2D eigenvalue weighted by molar-refractivity contribution is 5.88. The number of aryl methyl sites for hydroxylation is 1. The third-order valence-electron chi connectivity index (χ3n) is 8.06. The van der Waals surface area contributed by atoms with Crippen LogP contribution < -0.4 is 10.2 Å². The zero-order valence-electron chi connectivity index (χ0n) is 24.1. The van der Waals surface area contributed by atoms with Crippen LogP contribution in [0.5, 0.6) is 0 Å². The van der Waals surface area contributed by atoms with Gasteiger partial charge < -0.3 is 15.3 Å². The van der Waals surface area contributed by atoms with E-state index in [1.807, 2.05) is 60.7 Å². The molecule has 0 saturated carbocycles. The Bertz CT molecular complexity index is 1600. The van der Waals surface area contributed by atoms with E-state index >= 15 is 0 Å². The summed E-state index contributed by atoms with van der Waals surface area (Å²) in [5.74, 6) is 1.43. The van der Waals surface area contributed by atoms with Gasteiger partial charge in [-0.05, 0) is 49.6 Å². The number of fused-ring (bicyclic) bond motifs is 1. The van der Waals surface area contributed by atoms with E-state index < -0.39 is 6.10 Å². The van der Waals surface area contributed by atoms with Gasteiger partial charge in [0.2, 0.25) is 0 Å². The Hall–Kier alpha value is -3.98. The highest BCUT2D eigenvalue weighted by Crippen LogP contribution is 2.30. The molecule has 8 nitrogen and oxygen atoms in total. The largest absolute Gasteiger partial charge is 0.391 e. The molecule has 2 N–H and O–H groups in total. The lowest BCUT2D eigenvalue weighted by molar-refractivity contribution is 0.148. The van der Waals surface area contributed by atoms with E-state index in [4.69, 9.17) is 4.98 Å². The number of aromatic nitrogens is 4. The number of rotatable bonds is 9. The molecule has 3 aromatic carbocycles. The number of aliphatic hydroxyl groups is 1. The van der Waals surface area contributed by atoms with Crippen LogP contribution >= 0.6 is 12.4 Å². The summed E-state index contributed by atoms with van der Waals surface area (Å²) >= 11 is 0. The number of halogens is 1. The first kappa shape index (κ1) is 29.5. The van der Waals surface area contributed by atoms with Crippen molar-refractivity contribution in [2.75, 3.05) is 49.5 Å². The van der Waals surface area contributed by atoms with Gasteiger partial charge in [-0.15, -0.1) is 12.4 Å². The summed E-state index contributed by atoms with van der Waals surface area (Å²) in [6.07, 6.45) is 1.75. The fourth-order valence-electron chi connectivity index (χ4n) is 5.56. The maximum Gasteiger partial charge on any atom is 0.170 e. The Balaban J connectivity index is 0.00000353. The molecule has 218 valence electrons. The minimum absolute atomic E-state index is 0. The van der Waals surface area contributed by atoms with Crippen molar-refractivity contribution in [3.05, 3.63) is 96.3 Å². The van der Waals surface area contributed by atoms with Crippen LogP contribution in [0.1, 0.15) is 17.5 Å². The molecule has 1 aliphatic heterocycles. The Labute approximate surface area is 253 Å². The molecular formula is C33H38ClN7O. The number of aliphatic hydroxyl groups excluding tert-OH is 1. The molecular weight excluding hydrogens is 546 g/mol. The molecule has 0 aliphatic carbocycles. The minimum atomic E-state index is -0.498. The number of hydrogen-bond donors (Lipinski definition) is 2. The van der Waals surface area contributed by atoms with Gasteiger partial charge >= 0.3 is 0 Å². The zero-order chi connectivity index (χ0) is 28.2. The van der Waals surface area contributed by atoms with Crippen molar-refractivity contribution in [3.63, 3.8) is 0 Å². The first-order valence-electron chi connectivity index (χ1n) is 14.4. The first-order chi connectivity index (χ1) is 20.1. The van der Waals surface area contributed by atoms with Crippen LogP contribution in [0.25, 0.3) is 28.2 Å². The summed E-state index contributed by atoms with van der Waals surface area (Å²) in [5.41, 5.74) is 7.44. The van der Waals surface area contributed by atoms with E-state index in [1.165, 1.54) is 16.8 Å². The van der Waals surface area contributed by atoms with Crippen LogP contribution in [-0.2, 0) is 0 Å². The minimum Gasteiger partial charge on any atom is -0.391 e. The van der Waals surface area contributed by atoms with Crippen LogP contribution in [0.15, 0.2) is 85.2 Å². The third kappa shape index (κ3) is 6.26. The molecule has 0 amide bonds. The van der Waals surface area contributed by atoms with E-state index in [2.05, 4.69) is 61.7 Å². The number of nitrogens with zero attached hydrogens (tertiary/aromatic N) is 6. The molecule has 0 radical (unpaired) electrons. The second-order valence-corrected chi connectivity index (χ2v) is 10.7. The molecule has 6 rings (SSSR count). The number of piperazine rings is 1. The predicted octanol–water partition coefficient (Wildman–Crippen LogP) is 5.51. The Kier molecular flexibility index (Phi) is 9.37. The van der Waals surface area contributed by atoms with E-state index in [0.717, 1.165) is 55.4 Å². The molecule has 2 aromatic heterocycles. The van der Waals surface area contributed by atoms with Gasteiger partial charge in [-0.1, -0.05) is 60.7 Å². The van der Waals surface area contributed by atoms with Crippen molar-refractivity contribution < 1.29 is 5.11 Å². The fraction of sp³-hybridized carbons (Fsp3) is 0.303. The van der Waals surface area contributed by atoms with Crippen LogP contribution in [0.4, 0.5) is 11.5 Å². The van der Waals surface area contributed by atoms with E-state index in [-0.39, 0.29) is 12.4 Å². The van der Waals surface area contributed by atoms with Gasteiger partial charge in [0.05, 0.1) is 6.10 Å². The lowest BCUT2D eigenvalue weighted by atomic mass is 10.1. The molecule has 3 heterocycles. The van der Waals surface area contributed by atoms with Gasteiger partial charge in [0, 0.05) is 56.2 Å². The molecule has 5 aromatic rings. The van der Waals surface area contributed by atoms with Gasteiger partial charge in [-0.2, -0.15) is 0 Å². The quantitative estimate of drug-likeness (QED) is 0.237. The molecule has 9 heteroatoms. The van der Waals surface area contributed by atoms with Crippen molar-refractivity contribution in [2.24, 2.45) is 0 Å². The topological polar surface area (TPSA) is 82.3 Å². The maximum absolute atomic E-state index is 10.9. The zero-order valence-corrected chi connectivity index (χ0v) is 25.0. The second kappa shape index (κ2) is 13.3. The first-order valence-corrected chi connectivity index (χ1v) is 14.4. The van der Waals surface area contributed by atoms with Crippen LogP contribution in [0.3, 0.4) is 0 Å². The summed E-state index contributed by atoms with van der Waals surface area (Å²) in [4.78, 5) is 19.0. The van der Waals surface area contributed by atoms with Crippen molar-refractivity contribution >= 4 is 35.1 Å². The molecule has 1 unspecified atom stereocenters. The molecule has 1 fully saturated rings. The summed E-state index contributed by atoms with van der Waals surface area (Å²) in [6, 6.07) is 26.8. The summed E-state index contributed by atoms with van der Waals surface area (Å²) in [5, 5.41) is 14.2. The van der Waals surface area contributed by atoms with Crippen LogP contribution in [0, 0.1) is 13.8 Å². The molecule has 0 spiro atoms. The third-order valence-corrected chi connectivity index (χ3v) is 8.06. The number of imidazole rings is 1. The van der Waals surface area contributed by atoms with E-state index in [1.54, 1.807) is 6.33 Å². The predicted molar refractivity (Wildman–Crippen MR) is 173 cm³/mol. The van der Waals surface area contributed by atoms with Crippen LogP contribution in [-0.4, -0.2) is 74.9 Å². The number of para-hydroxylation sites is 1. The van der Waals surface area contributed by atoms with Crippen LogP contribution in [0.2, 0.25) is 0 Å². The molecule has 1 saturated heterocycles. The highest BCUT2D eigenvalue weighted by Gasteiger charge is 2.21. The Morgan fingerprint density at radius 1 is 0.857 bits per heavy atom. The molecule has 42 heavy (non-hydrogen) atoms. The molecule has 1 atom stereocenters. The van der Waals surface area contributed by atoms with Gasteiger partial charge in [-0.3, -0.25) is 9.47 Å². The lowest BCUT2D eigenvalue weighted by Crippen LogP contribution is -2.47. The normalized spacial score (nSPS) is 14.5. The average Bonchev–Trinajstić information content (AvgIpc) is 3.42. The van der Waals surface area contributed by atoms with Gasteiger partial charge in [0.1, 0.15) is 12.2 Å². The van der Waals surface area contributed by atoms with E-state index in [9.17, 15) is 5.11 Å². The monoisotopic (exact) mass is 583 g/mol. The summed E-state index contributed by atoms with van der Waals surface area (Å²) in [6.45, 7) is 9.65. The SMILES string of the molecule is Cc1cccc(N2CCN(CCC(O)CNc3ncnc4c3nc(-c3ccccc3)n4-c3ccccc3)CC2)c1C.Cl. The van der Waals surface area contributed by atoms with Crippen molar-refractivity contribution in [1.29, 1.82) is 0 Å². The Morgan fingerprint density at radius 2 is 1.57 bits per heavy atom. The van der Waals surface area contributed by atoms with Gasteiger partial charge in [0.25, 0.3) is 0 Å². The van der Waals surface area contributed by atoms with E-state index in [0.29, 0.717) is 24.3 Å². The lowest BCUT2D eigenvalue weighted by Gasteiger charge is -2.37. The number of anilines is 2. The standard InChI is InChI=1S/C33H37N7O.ClH/c1-24-10-9-15-29(25(24)2)39-20-18-38(19-21-39)17-16-28(41)22-34-31-30-33(36-23-35-31)40(27-13-7-4-8-14-27)32(37-30)26-11-5-3-6-12-26;/h3-15,23,28,41H,16-22H2,1-2H3,(H,34,35,36);1H. The smallest absolute Gasteiger partial charge is 0.170 e. The fourth-order valence-corrected chi connectivity index (χ4v) is 5.56. The summed E-state index contributed by atoms with van der Waals surface area (Å²) < 4.78 is 2.06. The highest BCUT2D eigenvalue weighted by atomic mass is 35.5. The maximum atomic E-state index is 10.9. The van der Waals surface area contributed by atoms with Gasteiger partial charge in [0.15, 0.2) is 17.0 Å². The Morgan fingerprint density at radius 3 is 2.31 bits per heavy atom. The molecule has 0 bridgehead atoms. The second-order valence-electron chi connectivity index (χ2n) is 10.7. The van der Waals surface area contributed by atoms with Crippen molar-refractivity contribution in [2.45, 2.75) is 26.4 Å². The number of benzene rings is 3.